The molecule has 1 aliphatic heterocycles. The molecule has 0 unspecified atom stereocenters. The smallest absolute Gasteiger partial charge is 0.227 e. The summed E-state index contributed by atoms with van der Waals surface area (Å²) in [5.74, 6) is 1.09. The van der Waals surface area contributed by atoms with Gasteiger partial charge >= 0.3 is 0 Å². The Bertz CT molecular complexity index is 423. The molecule has 1 saturated heterocycles. The van der Waals surface area contributed by atoms with Crippen molar-refractivity contribution in [3.63, 3.8) is 0 Å². The summed E-state index contributed by atoms with van der Waals surface area (Å²) in [6, 6.07) is 7.82. The van der Waals surface area contributed by atoms with E-state index in [1.807, 2.05) is 36.1 Å². The van der Waals surface area contributed by atoms with Gasteiger partial charge in [-0.25, -0.2) is 0 Å². The first-order valence-electron chi connectivity index (χ1n) is 7.44. The molecule has 1 aromatic rings. The van der Waals surface area contributed by atoms with E-state index in [0.717, 1.165) is 44.0 Å². The molecule has 0 aliphatic carbocycles. The first kappa shape index (κ1) is 14.9. The first-order valence-corrected chi connectivity index (χ1v) is 7.44. The number of rotatable bonds is 5. The van der Waals surface area contributed by atoms with E-state index in [0.29, 0.717) is 13.0 Å². The molecular weight excluding hydrogens is 252 g/mol. The zero-order chi connectivity index (χ0) is 14.4. The van der Waals surface area contributed by atoms with Crippen molar-refractivity contribution in [2.75, 3.05) is 39.3 Å². The average molecular weight is 276 g/mol. The number of hydrogen-bond donors (Lipinski definition) is 0. The van der Waals surface area contributed by atoms with Gasteiger partial charge in [-0.2, -0.15) is 0 Å². The van der Waals surface area contributed by atoms with Gasteiger partial charge in [0.1, 0.15) is 5.75 Å². The molecule has 20 heavy (non-hydrogen) atoms. The third-order valence-electron chi connectivity index (χ3n) is 3.76. The van der Waals surface area contributed by atoms with Crippen LogP contribution >= 0.6 is 0 Å². The molecule has 1 aromatic carbocycles. The van der Waals surface area contributed by atoms with E-state index in [1.54, 1.807) is 0 Å². The molecule has 0 spiro atoms. The monoisotopic (exact) mass is 276 g/mol. The molecule has 0 bridgehead atoms. The Morgan fingerprint density at radius 1 is 1.10 bits per heavy atom. The number of nitrogens with zero attached hydrogens (tertiary/aromatic N) is 2. The van der Waals surface area contributed by atoms with Gasteiger partial charge in [-0.05, 0) is 31.2 Å². The number of amides is 1. The van der Waals surface area contributed by atoms with Crippen LogP contribution in [0.4, 0.5) is 0 Å². The summed E-state index contributed by atoms with van der Waals surface area (Å²) in [4.78, 5) is 16.6. The number of hydrogen-bond acceptors (Lipinski definition) is 3. The number of piperazine rings is 1. The van der Waals surface area contributed by atoms with Gasteiger partial charge in [-0.1, -0.05) is 19.1 Å². The lowest BCUT2D eigenvalue weighted by Gasteiger charge is -2.34. The highest BCUT2D eigenvalue weighted by Crippen LogP contribution is 2.13. The van der Waals surface area contributed by atoms with Crippen molar-refractivity contribution in [1.82, 2.24) is 9.80 Å². The Morgan fingerprint density at radius 3 is 2.30 bits per heavy atom. The molecule has 0 atom stereocenters. The third-order valence-corrected chi connectivity index (χ3v) is 3.76. The first-order chi connectivity index (χ1) is 9.72. The molecule has 1 amide bonds. The number of carbonyl (C=O) groups excluding carboxylic acids is 1. The maximum atomic E-state index is 12.2. The maximum Gasteiger partial charge on any atom is 0.227 e. The molecule has 1 aliphatic rings. The van der Waals surface area contributed by atoms with Gasteiger partial charge in [-0.15, -0.1) is 0 Å². The van der Waals surface area contributed by atoms with Crippen LogP contribution in [0.25, 0.3) is 0 Å². The summed E-state index contributed by atoms with van der Waals surface area (Å²) in [6.07, 6.45) is 0.485. The topological polar surface area (TPSA) is 32.8 Å². The fourth-order valence-electron chi connectivity index (χ4n) is 2.47. The minimum Gasteiger partial charge on any atom is -0.494 e. The van der Waals surface area contributed by atoms with Crippen LogP contribution in [-0.2, 0) is 11.2 Å². The molecule has 0 radical (unpaired) electrons. The van der Waals surface area contributed by atoms with Gasteiger partial charge in [0.2, 0.25) is 5.91 Å². The fourth-order valence-corrected chi connectivity index (χ4v) is 2.47. The van der Waals surface area contributed by atoms with Crippen molar-refractivity contribution in [3.8, 4) is 5.75 Å². The van der Waals surface area contributed by atoms with E-state index in [9.17, 15) is 4.79 Å². The van der Waals surface area contributed by atoms with Gasteiger partial charge in [0, 0.05) is 26.2 Å². The second-order valence-electron chi connectivity index (χ2n) is 5.07. The largest absolute Gasteiger partial charge is 0.494 e. The second-order valence-corrected chi connectivity index (χ2v) is 5.07. The van der Waals surface area contributed by atoms with Gasteiger partial charge in [0.15, 0.2) is 0 Å². The van der Waals surface area contributed by atoms with E-state index in [4.69, 9.17) is 4.74 Å². The van der Waals surface area contributed by atoms with Crippen LogP contribution in [0.1, 0.15) is 19.4 Å². The maximum absolute atomic E-state index is 12.2. The SMILES string of the molecule is CCOc1ccc(CC(=O)N2CCN(CC)CC2)cc1. The van der Waals surface area contributed by atoms with Crippen LogP contribution < -0.4 is 4.74 Å². The fraction of sp³-hybridized carbons (Fsp3) is 0.562. The minimum atomic E-state index is 0.227. The predicted molar refractivity (Wildman–Crippen MR) is 80.0 cm³/mol. The molecule has 0 N–H and O–H groups in total. The van der Waals surface area contributed by atoms with Crippen LogP contribution in [0.5, 0.6) is 5.75 Å². The van der Waals surface area contributed by atoms with E-state index in [2.05, 4.69) is 11.8 Å². The van der Waals surface area contributed by atoms with Crippen LogP contribution in [0.15, 0.2) is 24.3 Å². The lowest BCUT2D eigenvalue weighted by molar-refractivity contribution is -0.132. The average Bonchev–Trinajstić information content (AvgIpc) is 2.49. The van der Waals surface area contributed by atoms with E-state index < -0.39 is 0 Å². The molecule has 1 fully saturated rings. The van der Waals surface area contributed by atoms with Crippen molar-refractivity contribution in [1.29, 1.82) is 0 Å². The summed E-state index contributed by atoms with van der Waals surface area (Å²) in [5, 5.41) is 0. The predicted octanol–water partition coefficient (Wildman–Crippen LogP) is 1.79. The molecular formula is C16H24N2O2. The Hall–Kier alpha value is -1.55. The summed E-state index contributed by atoms with van der Waals surface area (Å²) < 4.78 is 5.41. The number of benzene rings is 1. The number of carbonyl (C=O) groups is 1. The Morgan fingerprint density at radius 2 is 1.75 bits per heavy atom. The van der Waals surface area contributed by atoms with Crippen molar-refractivity contribution in [3.05, 3.63) is 29.8 Å². The van der Waals surface area contributed by atoms with Crippen molar-refractivity contribution < 1.29 is 9.53 Å². The highest BCUT2D eigenvalue weighted by Gasteiger charge is 2.19. The molecule has 2 rings (SSSR count). The zero-order valence-corrected chi connectivity index (χ0v) is 12.5. The molecule has 110 valence electrons. The van der Waals surface area contributed by atoms with Crippen LogP contribution in [-0.4, -0.2) is 55.0 Å². The van der Waals surface area contributed by atoms with Crippen LogP contribution in [0, 0.1) is 0 Å². The molecule has 4 nitrogen and oxygen atoms in total. The van der Waals surface area contributed by atoms with Gasteiger partial charge in [0.05, 0.1) is 13.0 Å². The minimum absolute atomic E-state index is 0.227. The second kappa shape index (κ2) is 7.29. The number of ether oxygens (including phenoxy) is 1. The van der Waals surface area contributed by atoms with Gasteiger partial charge < -0.3 is 14.5 Å². The summed E-state index contributed by atoms with van der Waals surface area (Å²) in [6.45, 7) is 9.55. The lowest BCUT2D eigenvalue weighted by Crippen LogP contribution is -2.48. The Labute approximate surface area is 121 Å². The summed E-state index contributed by atoms with van der Waals surface area (Å²) in [7, 11) is 0. The molecule has 0 aromatic heterocycles. The van der Waals surface area contributed by atoms with Gasteiger partial charge in [-0.3, -0.25) is 4.79 Å². The van der Waals surface area contributed by atoms with Crippen molar-refractivity contribution in [2.24, 2.45) is 0 Å². The third kappa shape index (κ3) is 3.97. The van der Waals surface area contributed by atoms with E-state index in [1.165, 1.54) is 0 Å². The van der Waals surface area contributed by atoms with Crippen LogP contribution in [0.2, 0.25) is 0 Å². The summed E-state index contributed by atoms with van der Waals surface area (Å²) >= 11 is 0. The Kier molecular flexibility index (Phi) is 5.41. The lowest BCUT2D eigenvalue weighted by atomic mass is 10.1. The highest BCUT2D eigenvalue weighted by atomic mass is 16.5. The standard InChI is InChI=1S/C16H24N2O2/c1-3-17-9-11-18(12-10-17)16(19)13-14-5-7-15(8-6-14)20-4-2/h5-8H,3-4,9-13H2,1-2H3. The molecule has 1 heterocycles. The van der Waals surface area contributed by atoms with E-state index >= 15 is 0 Å². The molecule has 4 heteroatoms. The van der Waals surface area contributed by atoms with Gasteiger partial charge in [0.25, 0.3) is 0 Å². The van der Waals surface area contributed by atoms with E-state index in [-0.39, 0.29) is 5.91 Å². The van der Waals surface area contributed by atoms with Crippen molar-refractivity contribution in [2.45, 2.75) is 20.3 Å². The van der Waals surface area contributed by atoms with Crippen LogP contribution in [0.3, 0.4) is 0 Å². The van der Waals surface area contributed by atoms with Crippen molar-refractivity contribution >= 4 is 5.91 Å². The summed E-state index contributed by atoms with van der Waals surface area (Å²) in [5.41, 5.74) is 1.05. The number of likely N-dealkylation sites (N-methyl/N-ethyl adjacent to an activating group) is 1. The molecule has 0 saturated carbocycles. The quantitative estimate of drug-likeness (QED) is 0.822. The zero-order valence-electron chi connectivity index (χ0n) is 12.5. The normalized spacial score (nSPS) is 16.2. The Balaban J connectivity index is 1.85. The highest BCUT2D eigenvalue weighted by molar-refractivity contribution is 5.78.